The first kappa shape index (κ1) is 26.8. The fourth-order valence-corrected chi connectivity index (χ4v) is 7.11. The molecule has 39 heavy (non-hydrogen) atoms. The number of H-pyrrole nitrogens is 2. The number of nitrogens with one attached hydrogen (secondary N) is 2. The molecule has 4 N–H and O–H groups in total. The standard InChI is InChI=1S/C33H33N3S.C2H6/c1-4-33(5-2)27-19-22(9-6-7-17-34)11-15-25(27)30-21(3)24(20-28(30)33)13-12-23-14-16-26(29-10-8-18-35-29)31-32(23)37-36-31;1-2/h6-21,35-36H,4-5,34H2,1-3H3;1-2H3/b9-6+,13-12+,17-7-;. The smallest absolute Gasteiger partial charge is 0.0763 e. The third kappa shape index (κ3) is 4.37. The monoisotopic (exact) mass is 533 g/mol. The first-order chi connectivity index (χ1) is 19.1. The highest BCUT2D eigenvalue weighted by molar-refractivity contribution is 7.16. The molecule has 2 aliphatic carbocycles. The molecule has 2 aromatic heterocycles. The first-order valence-electron chi connectivity index (χ1n) is 14.2. The van der Waals surface area contributed by atoms with Gasteiger partial charge in [-0.25, -0.2) is 0 Å². The van der Waals surface area contributed by atoms with Crippen molar-refractivity contribution in [2.24, 2.45) is 11.7 Å². The van der Waals surface area contributed by atoms with E-state index in [2.05, 4.69) is 90.8 Å². The fourth-order valence-electron chi connectivity index (χ4n) is 6.33. The molecule has 0 saturated heterocycles. The number of nitrogens with two attached hydrogens (primary N) is 1. The molecule has 1 unspecified atom stereocenters. The van der Waals surface area contributed by atoms with E-state index < -0.39 is 0 Å². The maximum atomic E-state index is 5.51. The summed E-state index contributed by atoms with van der Waals surface area (Å²) in [5.41, 5.74) is 19.0. The van der Waals surface area contributed by atoms with Crippen molar-refractivity contribution in [1.29, 1.82) is 0 Å². The minimum Gasteiger partial charge on any atom is -0.405 e. The van der Waals surface area contributed by atoms with E-state index in [1.165, 1.54) is 54.8 Å². The van der Waals surface area contributed by atoms with Crippen LogP contribution in [-0.4, -0.2) is 9.36 Å². The van der Waals surface area contributed by atoms with Crippen molar-refractivity contribution in [2.45, 2.75) is 52.9 Å². The SMILES string of the molecule is CC.CCC1(CC)C2=C(c3ccc(/C=C/C=C\N)cc31)C(C)C(/C=C/c1ccc(-c3ccc[nH]3)c3[nH]sc13)=C2. The van der Waals surface area contributed by atoms with Crippen LogP contribution in [0, 0.1) is 5.92 Å². The average Bonchev–Trinajstić information content (AvgIpc) is 3.65. The van der Waals surface area contributed by atoms with E-state index >= 15 is 0 Å². The lowest BCUT2D eigenvalue weighted by atomic mass is 9.72. The van der Waals surface area contributed by atoms with E-state index in [0.717, 1.165) is 18.5 Å². The van der Waals surface area contributed by atoms with Gasteiger partial charge in [0.2, 0.25) is 0 Å². The highest BCUT2D eigenvalue weighted by Gasteiger charge is 2.45. The highest BCUT2D eigenvalue weighted by Crippen LogP contribution is 2.57. The lowest BCUT2D eigenvalue weighted by Gasteiger charge is -2.31. The molecule has 1 atom stereocenters. The van der Waals surface area contributed by atoms with Crippen molar-refractivity contribution < 1.29 is 0 Å². The summed E-state index contributed by atoms with van der Waals surface area (Å²) in [6, 6.07) is 15.6. The van der Waals surface area contributed by atoms with Crippen molar-refractivity contribution in [3.63, 3.8) is 0 Å². The van der Waals surface area contributed by atoms with Crippen molar-refractivity contribution in [3.8, 4) is 11.3 Å². The topological polar surface area (TPSA) is 57.6 Å². The molecular weight excluding hydrogens is 494 g/mol. The molecule has 0 fully saturated rings. The second kappa shape index (κ2) is 11.2. The Morgan fingerprint density at radius 3 is 2.44 bits per heavy atom. The molecule has 0 amide bonds. The molecule has 0 spiro atoms. The quantitative estimate of drug-likeness (QED) is 0.203. The molecule has 3 nitrogen and oxygen atoms in total. The summed E-state index contributed by atoms with van der Waals surface area (Å²) in [6.45, 7) is 11.0. The van der Waals surface area contributed by atoms with Crippen LogP contribution in [0.1, 0.15) is 69.7 Å². The van der Waals surface area contributed by atoms with Crippen molar-refractivity contribution in [2.75, 3.05) is 0 Å². The third-order valence-electron chi connectivity index (χ3n) is 8.40. The van der Waals surface area contributed by atoms with E-state index in [9.17, 15) is 0 Å². The summed E-state index contributed by atoms with van der Waals surface area (Å²) in [4.78, 5) is 3.33. The van der Waals surface area contributed by atoms with Gasteiger partial charge in [0.1, 0.15) is 0 Å². The largest absolute Gasteiger partial charge is 0.405 e. The molecule has 200 valence electrons. The van der Waals surface area contributed by atoms with Gasteiger partial charge in [-0.05, 0) is 76.2 Å². The van der Waals surface area contributed by atoms with Gasteiger partial charge < -0.3 is 15.1 Å². The zero-order valence-electron chi connectivity index (χ0n) is 23.6. The summed E-state index contributed by atoms with van der Waals surface area (Å²) < 4.78 is 4.76. The number of fused-ring (bicyclic) bond motifs is 3. The summed E-state index contributed by atoms with van der Waals surface area (Å²) >= 11 is 1.71. The lowest BCUT2D eigenvalue weighted by molar-refractivity contribution is 0.486. The van der Waals surface area contributed by atoms with E-state index in [1.54, 1.807) is 17.7 Å². The highest BCUT2D eigenvalue weighted by atomic mass is 32.1. The summed E-state index contributed by atoms with van der Waals surface area (Å²) in [5.74, 6) is 0.376. The summed E-state index contributed by atoms with van der Waals surface area (Å²) in [7, 11) is 0. The predicted molar refractivity (Wildman–Crippen MR) is 172 cm³/mol. The second-order valence-electron chi connectivity index (χ2n) is 10.1. The third-order valence-corrected chi connectivity index (χ3v) is 9.35. The van der Waals surface area contributed by atoms with Gasteiger partial charge in [-0.1, -0.05) is 107 Å². The molecule has 0 saturated carbocycles. The number of hydrogen-bond donors (Lipinski definition) is 3. The van der Waals surface area contributed by atoms with Crippen LogP contribution >= 0.6 is 11.5 Å². The molecule has 0 aliphatic heterocycles. The van der Waals surface area contributed by atoms with Gasteiger partial charge in [0, 0.05) is 28.8 Å². The summed E-state index contributed by atoms with van der Waals surface area (Å²) in [5, 5.41) is 0. The number of benzene rings is 2. The van der Waals surface area contributed by atoms with Crippen LogP contribution in [0.5, 0.6) is 0 Å². The van der Waals surface area contributed by atoms with Crippen molar-refractivity contribution >= 4 is 39.5 Å². The Balaban J connectivity index is 0.00000151. The number of allylic oxidation sites excluding steroid dienone is 7. The van der Waals surface area contributed by atoms with Gasteiger partial charge in [-0.2, -0.15) is 0 Å². The average molecular weight is 534 g/mol. The predicted octanol–water partition coefficient (Wildman–Crippen LogP) is 9.85. The van der Waals surface area contributed by atoms with Crippen LogP contribution in [0.3, 0.4) is 0 Å². The molecule has 0 bridgehead atoms. The van der Waals surface area contributed by atoms with Gasteiger partial charge in [0.05, 0.1) is 10.2 Å². The lowest BCUT2D eigenvalue weighted by Crippen LogP contribution is -2.24. The van der Waals surface area contributed by atoms with E-state index in [-0.39, 0.29) is 5.41 Å². The van der Waals surface area contributed by atoms with Gasteiger partial charge >= 0.3 is 0 Å². The molecule has 2 aliphatic rings. The van der Waals surface area contributed by atoms with Gasteiger partial charge in [-0.15, -0.1) is 0 Å². The Morgan fingerprint density at radius 1 is 0.974 bits per heavy atom. The van der Waals surface area contributed by atoms with Crippen LogP contribution < -0.4 is 5.73 Å². The molecular formula is C35H39N3S. The number of hydrogen-bond acceptors (Lipinski definition) is 2. The Morgan fingerprint density at radius 2 is 1.77 bits per heavy atom. The molecule has 6 rings (SSSR count). The van der Waals surface area contributed by atoms with Gasteiger partial charge in [0.15, 0.2) is 0 Å². The normalized spacial score (nSPS) is 17.9. The Kier molecular flexibility index (Phi) is 7.67. The van der Waals surface area contributed by atoms with Crippen LogP contribution in [0.2, 0.25) is 0 Å². The maximum absolute atomic E-state index is 5.51. The molecule has 2 aromatic carbocycles. The second-order valence-corrected chi connectivity index (χ2v) is 10.9. The van der Waals surface area contributed by atoms with Crippen LogP contribution in [0.4, 0.5) is 0 Å². The van der Waals surface area contributed by atoms with E-state index in [1.807, 2.05) is 38.3 Å². The van der Waals surface area contributed by atoms with Gasteiger partial charge in [-0.3, -0.25) is 0 Å². The first-order valence-corrected chi connectivity index (χ1v) is 15.0. The Labute approximate surface area is 236 Å². The van der Waals surface area contributed by atoms with Crippen LogP contribution in [-0.2, 0) is 5.41 Å². The Hall–Kier alpha value is -3.76. The number of rotatable bonds is 7. The van der Waals surface area contributed by atoms with Crippen molar-refractivity contribution in [1.82, 2.24) is 9.36 Å². The Bertz CT molecular complexity index is 1610. The van der Waals surface area contributed by atoms with E-state index in [4.69, 9.17) is 5.73 Å². The zero-order valence-corrected chi connectivity index (χ0v) is 24.5. The fraction of sp³-hybridized carbons (Fsp3) is 0.257. The van der Waals surface area contributed by atoms with Crippen molar-refractivity contribution in [3.05, 3.63) is 113 Å². The molecule has 2 heterocycles. The van der Waals surface area contributed by atoms with Gasteiger partial charge in [0.25, 0.3) is 0 Å². The van der Waals surface area contributed by atoms with Crippen LogP contribution in [0.15, 0.2) is 90.3 Å². The van der Waals surface area contributed by atoms with E-state index in [0.29, 0.717) is 5.92 Å². The minimum absolute atomic E-state index is 0.0727. The zero-order chi connectivity index (χ0) is 27.6. The summed E-state index contributed by atoms with van der Waals surface area (Å²) in [6.07, 6.45) is 18.9. The van der Waals surface area contributed by atoms with Crippen LogP contribution in [0.25, 0.3) is 39.2 Å². The molecule has 4 heteroatoms. The molecule has 0 radical (unpaired) electrons. The maximum Gasteiger partial charge on any atom is 0.0763 e. The number of aromatic nitrogens is 2. The molecule has 4 aromatic rings. The number of aromatic amines is 2. The minimum atomic E-state index is 0.0727.